The number of sulfonamides is 1. The van der Waals surface area contributed by atoms with Crippen molar-refractivity contribution in [1.29, 1.82) is 0 Å². The molecule has 0 unspecified atom stereocenters. The minimum absolute atomic E-state index is 0.202. The Morgan fingerprint density at radius 3 is 2.61 bits per heavy atom. The predicted molar refractivity (Wildman–Crippen MR) is 111 cm³/mol. The van der Waals surface area contributed by atoms with Gasteiger partial charge in [-0.1, -0.05) is 19.3 Å². The van der Waals surface area contributed by atoms with Crippen molar-refractivity contribution in [2.45, 2.75) is 70.1 Å². The third-order valence-corrected chi connectivity index (χ3v) is 8.79. The number of thiazole rings is 1. The highest BCUT2D eigenvalue weighted by atomic mass is 32.2. The minimum atomic E-state index is -3.30. The first kappa shape index (κ1) is 19.7. The Kier molecular flexibility index (Phi) is 5.66. The van der Waals surface area contributed by atoms with Gasteiger partial charge in [0.05, 0.1) is 17.0 Å². The number of hydrogen-bond acceptors (Lipinski definition) is 7. The second kappa shape index (κ2) is 8.04. The van der Waals surface area contributed by atoms with E-state index in [9.17, 15) is 8.42 Å². The van der Waals surface area contributed by atoms with E-state index in [1.807, 2.05) is 26.1 Å². The fourth-order valence-corrected chi connectivity index (χ4v) is 7.18. The number of rotatable bonds is 5. The van der Waals surface area contributed by atoms with E-state index in [4.69, 9.17) is 0 Å². The minimum Gasteiger partial charge on any atom is -0.316 e. The number of nitrogens with zero attached hydrogens (tertiary/aromatic N) is 4. The molecule has 2 fully saturated rings. The SMILES string of the molecule is Cc1nc(Nc2ncc(C)s2)cc([C@H]2CCCN2S(=O)(=O)C2CCCCC2)n1. The van der Waals surface area contributed by atoms with E-state index in [0.29, 0.717) is 18.2 Å². The number of anilines is 2. The van der Waals surface area contributed by atoms with Crippen LogP contribution in [0, 0.1) is 13.8 Å². The van der Waals surface area contributed by atoms with Crippen LogP contribution < -0.4 is 5.32 Å². The molecule has 2 aromatic rings. The first-order valence-electron chi connectivity index (χ1n) is 9.99. The van der Waals surface area contributed by atoms with E-state index in [1.165, 1.54) is 0 Å². The van der Waals surface area contributed by atoms with Gasteiger partial charge in [-0.2, -0.15) is 4.31 Å². The summed E-state index contributed by atoms with van der Waals surface area (Å²) in [6.45, 7) is 4.43. The number of aryl methyl sites for hydroxylation is 2. The van der Waals surface area contributed by atoms with Crippen LogP contribution >= 0.6 is 11.3 Å². The summed E-state index contributed by atoms with van der Waals surface area (Å²) in [5.74, 6) is 1.30. The molecular weight excluding hydrogens is 394 g/mol. The van der Waals surface area contributed by atoms with Crippen LogP contribution in [-0.2, 0) is 10.0 Å². The fourth-order valence-electron chi connectivity index (χ4n) is 4.24. The normalized spacial score (nSPS) is 21.9. The number of nitrogens with one attached hydrogen (secondary N) is 1. The molecule has 4 rings (SSSR count). The van der Waals surface area contributed by atoms with Crippen LogP contribution in [0.1, 0.15) is 67.4 Å². The maximum absolute atomic E-state index is 13.3. The van der Waals surface area contributed by atoms with Gasteiger partial charge in [0.15, 0.2) is 5.13 Å². The average Bonchev–Trinajstić information content (AvgIpc) is 3.31. The lowest BCUT2D eigenvalue weighted by atomic mass is 10.0. The van der Waals surface area contributed by atoms with E-state index < -0.39 is 10.0 Å². The molecule has 0 bridgehead atoms. The summed E-state index contributed by atoms with van der Waals surface area (Å²) < 4.78 is 28.3. The summed E-state index contributed by atoms with van der Waals surface area (Å²) >= 11 is 1.56. The second-order valence-electron chi connectivity index (χ2n) is 7.70. The predicted octanol–water partition coefficient (Wildman–Crippen LogP) is 4.09. The van der Waals surface area contributed by atoms with Crippen molar-refractivity contribution in [2.24, 2.45) is 0 Å². The topological polar surface area (TPSA) is 88.1 Å². The summed E-state index contributed by atoms with van der Waals surface area (Å²) in [6, 6.07) is 1.68. The molecular formula is C19H27N5O2S2. The smallest absolute Gasteiger partial charge is 0.217 e. The lowest BCUT2D eigenvalue weighted by molar-refractivity contribution is 0.369. The molecule has 2 aliphatic rings. The number of aromatic nitrogens is 3. The third kappa shape index (κ3) is 4.06. The molecule has 1 saturated heterocycles. The van der Waals surface area contributed by atoms with Crippen molar-refractivity contribution < 1.29 is 8.42 Å². The van der Waals surface area contributed by atoms with Gasteiger partial charge in [-0.15, -0.1) is 11.3 Å². The van der Waals surface area contributed by atoms with Gasteiger partial charge in [0.2, 0.25) is 10.0 Å². The highest BCUT2D eigenvalue weighted by Gasteiger charge is 2.40. The molecule has 1 aliphatic heterocycles. The Labute approximate surface area is 170 Å². The summed E-state index contributed by atoms with van der Waals surface area (Å²) in [4.78, 5) is 14.5. The van der Waals surface area contributed by atoms with E-state index >= 15 is 0 Å². The van der Waals surface area contributed by atoms with Crippen LogP contribution in [0.4, 0.5) is 10.9 Å². The molecule has 1 atom stereocenters. The molecule has 1 aliphatic carbocycles. The zero-order valence-corrected chi connectivity index (χ0v) is 18.0. The maximum Gasteiger partial charge on any atom is 0.217 e. The molecule has 0 radical (unpaired) electrons. The molecule has 1 saturated carbocycles. The van der Waals surface area contributed by atoms with Crippen LogP contribution in [-0.4, -0.2) is 39.5 Å². The molecule has 3 heterocycles. The molecule has 0 aromatic carbocycles. The van der Waals surface area contributed by atoms with Crippen molar-refractivity contribution in [1.82, 2.24) is 19.3 Å². The monoisotopic (exact) mass is 421 g/mol. The second-order valence-corrected chi connectivity index (χ2v) is 11.1. The van der Waals surface area contributed by atoms with Gasteiger partial charge in [0.25, 0.3) is 0 Å². The highest BCUT2D eigenvalue weighted by Crippen LogP contribution is 2.38. The van der Waals surface area contributed by atoms with Gasteiger partial charge in [0, 0.05) is 23.7 Å². The lowest BCUT2D eigenvalue weighted by Gasteiger charge is -2.30. The van der Waals surface area contributed by atoms with Crippen LogP contribution in [0.2, 0.25) is 0 Å². The number of hydrogen-bond donors (Lipinski definition) is 1. The molecule has 7 nitrogen and oxygen atoms in total. The average molecular weight is 422 g/mol. The molecule has 152 valence electrons. The van der Waals surface area contributed by atoms with Crippen LogP contribution in [0.15, 0.2) is 12.3 Å². The Bertz CT molecular complexity index is 938. The largest absolute Gasteiger partial charge is 0.316 e. The zero-order valence-electron chi connectivity index (χ0n) is 16.4. The summed E-state index contributed by atoms with van der Waals surface area (Å²) in [5.41, 5.74) is 0.778. The van der Waals surface area contributed by atoms with Crippen molar-refractivity contribution in [3.05, 3.63) is 28.7 Å². The van der Waals surface area contributed by atoms with Crippen molar-refractivity contribution in [2.75, 3.05) is 11.9 Å². The van der Waals surface area contributed by atoms with Crippen molar-refractivity contribution in [3.63, 3.8) is 0 Å². The van der Waals surface area contributed by atoms with Gasteiger partial charge in [-0.05, 0) is 39.5 Å². The van der Waals surface area contributed by atoms with Crippen LogP contribution in [0.3, 0.4) is 0 Å². The van der Waals surface area contributed by atoms with Crippen LogP contribution in [0.25, 0.3) is 0 Å². The first-order valence-corrected chi connectivity index (χ1v) is 12.3. The maximum atomic E-state index is 13.3. The quantitative estimate of drug-likeness (QED) is 0.782. The molecule has 0 spiro atoms. The van der Waals surface area contributed by atoms with Gasteiger partial charge in [-0.25, -0.2) is 23.4 Å². The first-order chi connectivity index (χ1) is 13.4. The van der Waals surface area contributed by atoms with E-state index in [-0.39, 0.29) is 11.3 Å². The summed E-state index contributed by atoms with van der Waals surface area (Å²) in [7, 11) is -3.30. The summed E-state index contributed by atoms with van der Waals surface area (Å²) in [5, 5.41) is 3.78. The molecule has 0 amide bonds. The Morgan fingerprint density at radius 1 is 1.11 bits per heavy atom. The standard InChI is InChI=1S/C19H27N5O2S2/c1-13-12-20-19(27-13)23-18-11-16(21-14(2)22-18)17-9-6-10-24(17)28(25,26)15-7-4-3-5-8-15/h11-12,15,17H,3-10H2,1-2H3,(H,20,21,22,23)/t17-/m1/s1. The Balaban J connectivity index is 1.60. The van der Waals surface area contributed by atoms with Gasteiger partial charge < -0.3 is 5.32 Å². The van der Waals surface area contributed by atoms with Gasteiger partial charge in [-0.3, -0.25) is 0 Å². The van der Waals surface area contributed by atoms with E-state index in [1.54, 1.807) is 15.6 Å². The van der Waals surface area contributed by atoms with Gasteiger partial charge in [0.1, 0.15) is 11.6 Å². The van der Waals surface area contributed by atoms with Crippen molar-refractivity contribution in [3.8, 4) is 0 Å². The molecule has 9 heteroatoms. The van der Waals surface area contributed by atoms with Gasteiger partial charge >= 0.3 is 0 Å². The Morgan fingerprint density at radius 2 is 1.89 bits per heavy atom. The molecule has 28 heavy (non-hydrogen) atoms. The third-order valence-electron chi connectivity index (χ3n) is 5.56. The van der Waals surface area contributed by atoms with Crippen LogP contribution in [0.5, 0.6) is 0 Å². The Hall–Kier alpha value is -1.58. The van der Waals surface area contributed by atoms with Crippen molar-refractivity contribution >= 4 is 32.3 Å². The molecule has 1 N–H and O–H groups in total. The highest BCUT2D eigenvalue weighted by molar-refractivity contribution is 7.89. The van der Waals surface area contributed by atoms with E-state index in [0.717, 1.165) is 60.6 Å². The molecule has 2 aromatic heterocycles. The summed E-state index contributed by atoms with van der Waals surface area (Å²) in [6.07, 6.45) is 8.22. The lowest BCUT2D eigenvalue weighted by Crippen LogP contribution is -2.39. The van der Waals surface area contributed by atoms with E-state index in [2.05, 4.69) is 20.3 Å². The fraction of sp³-hybridized carbons (Fsp3) is 0.632. The zero-order chi connectivity index (χ0) is 19.7.